The van der Waals surface area contributed by atoms with Crippen LogP contribution in [0.15, 0.2) is 51.9 Å². The lowest BCUT2D eigenvalue weighted by atomic mass is 10.1. The van der Waals surface area contributed by atoms with Crippen LogP contribution in [0.5, 0.6) is 0 Å². The van der Waals surface area contributed by atoms with Crippen molar-refractivity contribution < 1.29 is 22.5 Å². The third-order valence-electron chi connectivity index (χ3n) is 5.68. The number of benzene rings is 2. The number of methoxy groups -OCH3 is 1. The monoisotopic (exact) mass is 470 g/mol. The van der Waals surface area contributed by atoms with Crippen LogP contribution < -0.4 is 0 Å². The van der Waals surface area contributed by atoms with Gasteiger partial charge in [0.2, 0.25) is 21.7 Å². The van der Waals surface area contributed by atoms with Gasteiger partial charge in [-0.2, -0.15) is 9.29 Å². The Hall–Kier alpha value is -3.08. The molecule has 4 rings (SSSR count). The first-order valence-electron chi connectivity index (χ1n) is 10.6. The number of esters is 1. The summed E-state index contributed by atoms with van der Waals surface area (Å²) >= 11 is 0. The third kappa shape index (κ3) is 4.97. The van der Waals surface area contributed by atoms with Gasteiger partial charge in [0.05, 0.1) is 24.1 Å². The molecule has 1 saturated heterocycles. The van der Waals surface area contributed by atoms with E-state index >= 15 is 0 Å². The Labute approximate surface area is 193 Å². The lowest BCUT2D eigenvalue weighted by Crippen LogP contribution is -2.48. The number of aryl methyl sites for hydroxylation is 2. The van der Waals surface area contributed by atoms with E-state index in [2.05, 4.69) is 15.0 Å². The third-order valence-corrected chi connectivity index (χ3v) is 7.74. The molecule has 174 valence electrons. The van der Waals surface area contributed by atoms with Crippen molar-refractivity contribution in [2.24, 2.45) is 0 Å². The molecule has 3 aromatic rings. The fraction of sp³-hybridized carbons (Fsp3) is 0.348. The summed E-state index contributed by atoms with van der Waals surface area (Å²) in [6.07, 6.45) is 0. The van der Waals surface area contributed by atoms with Crippen LogP contribution in [-0.2, 0) is 21.3 Å². The first-order chi connectivity index (χ1) is 15.8. The van der Waals surface area contributed by atoms with Gasteiger partial charge in [-0.05, 0) is 37.6 Å². The average molecular weight is 471 g/mol. The maximum atomic E-state index is 13.2. The van der Waals surface area contributed by atoms with Crippen molar-refractivity contribution in [2.45, 2.75) is 25.3 Å². The summed E-state index contributed by atoms with van der Waals surface area (Å²) < 4.78 is 37.9. The molecule has 1 fully saturated rings. The summed E-state index contributed by atoms with van der Waals surface area (Å²) in [6.45, 7) is 5.93. The van der Waals surface area contributed by atoms with Gasteiger partial charge >= 0.3 is 5.97 Å². The molecular weight excluding hydrogens is 444 g/mol. The predicted molar refractivity (Wildman–Crippen MR) is 121 cm³/mol. The standard InChI is InChI=1S/C23H26N4O5S/c1-16-4-6-18(7-5-16)22-24-21(32-25-22)15-26-10-12-27(13-11-26)33(29,30)20-9-8-19(14-17(20)2)23(28)31-3/h4-9,14H,10-13,15H2,1-3H3. The van der Waals surface area contributed by atoms with Crippen LogP contribution in [0.25, 0.3) is 11.4 Å². The van der Waals surface area contributed by atoms with Gasteiger partial charge in [0.25, 0.3) is 0 Å². The van der Waals surface area contributed by atoms with Gasteiger partial charge in [0.15, 0.2) is 0 Å². The minimum atomic E-state index is -3.67. The number of sulfonamides is 1. The minimum absolute atomic E-state index is 0.197. The first kappa shape index (κ1) is 23.1. The van der Waals surface area contributed by atoms with Gasteiger partial charge in [0.1, 0.15) is 0 Å². The lowest BCUT2D eigenvalue weighted by molar-refractivity contribution is 0.0600. The van der Waals surface area contributed by atoms with Crippen molar-refractivity contribution in [3.05, 3.63) is 65.0 Å². The lowest BCUT2D eigenvalue weighted by Gasteiger charge is -2.33. The maximum Gasteiger partial charge on any atom is 0.337 e. The van der Waals surface area contributed by atoms with Gasteiger partial charge < -0.3 is 9.26 Å². The molecule has 0 unspecified atom stereocenters. The molecule has 0 atom stereocenters. The molecule has 2 heterocycles. The molecular formula is C23H26N4O5S. The van der Waals surface area contributed by atoms with E-state index in [0.717, 1.165) is 11.1 Å². The summed E-state index contributed by atoms with van der Waals surface area (Å²) in [5.41, 5.74) is 2.88. The molecule has 1 aromatic heterocycles. The largest absolute Gasteiger partial charge is 0.465 e. The molecule has 0 bridgehead atoms. The Morgan fingerprint density at radius 3 is 2.39 bits per heavy atom. The molecule has 0 spiro atoms. The Morgan fingerprint density at radius 1 is 1.06 bits per heavy atom. The van der Waals surface area contributed by atoms with E-state index < -0.39 is 16.0 Å². The number of hydrogen-bond donors (Lipinski definition) is 0. The highest BCUT2D eigenvalue weighted by molar-refractivity contribution is 7.89. The van der Waals surface area contributed by atoms with Crippen LogP contribution >= 0.6 is 0 Å². The Bertz CT molecular complexity index is 1250. The van der Waals surface area contributed by atoms with Gasteiger partial charge in [0, 0.05) is 31.7 Å². The fourth-order valence-electron chi connectivity index (χ4n) is 3.78. The molecule has 10 heteroatoms. The van der Waals surface area contributed by atoms with E-state index in [1.165, 1.54) is 29.6 Å². The van der Waals surface area contributed by atoms with E-state index in [1.54, 1.807) is 6.92 Å². The second kappa shape index (κ2) is 9.42. The summed E-state index contributed by atoms with van der Waals surface area (Å²) in [5.74, 6) is 0.537. The van der Waals surface area contributed by atoms with Crippen molar-refractivity contribution >= 4 is 16.0 Å². The first-order valence-corrected chi connectivity index (χ1v) is 12.0. The maximum absolute atomic E-state index is 13.2. The Kier molecular flexibility index (Phi) is 6.59. The zero-order chi connectivity index (χ0) is 23.6. The molecule has 0 N–H and O–H groups in total. The fourth-order valence-corrected chi connectivity index (χ4v) is 5.41. The number of nitrogens with zero attached hydrogens (tertiary/aromatic N) is 4. The second-order valence-electron chi connectivity index (χ2n) is 8.03. The van der Waals surface area contributed by atoms with E-state index in [-0.39, 0.29) is 4.90 Å². The molecule has 33 heavy (non-hydrogen) atoms. The highest BCUT2D eigenvalue weighted by Gasteiger charge is 2.30. The molecule has 1 aliphatic rings. The van der Waals surface area contributed by atoms with Gasteiger partial charge in [-0.25, -0.2) is 13.2 Å². The van der Waals surface area contributed by atoms with Gasteiger partial charge in [-0.15, -0.1) is 0 Å². The van der Waals surface area contributed by atoms with Gasteiger partial charge in [-0.1, -0.05) is 35.0 Å². The molecule has 0 amide bonds. The quantitative estimate of drug-likeness (QED) is 0.506. The van der Waals surface area contributed by atoms with Crippen LogP contribution in [0.3, 0.4) is 0 Å². The van der Waals surface area contributed by atoms with Crippen molar-refractivity contribution in [3.8, 4) is 11.4 Å². The van der Waals surface area contributed by atoms with Crippen molar-refractivity contribution in [3.63, 3.8) is 0 Å². The molecule has 2 aromatic carbocycles. The highest BCUT2D eigenvalue weighted by atomic mass is 32.2. The summed E-state index contributed by atoms with van der Waals surface area (Å²) in [6, 6.07) is 12.4. The van der Waals surface area contributed by atoms with Crippen LogP contribution in [0.1, 0.15) is 27.4 Å². The van der Waals surface area contributed by atoms with Crippen LogP contribution in [0.4, 0.5) is 0 Å². The number of piperazine rings is 1. The second-order valence-corrected chi connectivity index (χ2v) is 9.94. The SMILES string of the molecule is COC(=O)c1ccc(S(=O)(=O)N2CCN(Cc3nc(-c4ccc(C)cc4)no3)CC2)c(C)c1. The Balaban J connectivity index is 1.39. The zero-order valence-electron chi connectivity index (χ0n) is 18.8. The number of rotatable bonds is 6. The topological polar surface area (TPSA) is 106 Å². The molecule has 0 aliphatic carbocycles. The molecule has 9 nitrogen and oxygen atoms in total. The van der Waals surface area contributed by atoms with E-state index in [4.69, 9.17) is 9.26 Å². The molecule has 1 aliphatic heterocycles. The van der Waals surface area contributed by atoms with Crippen LogP contribution in [0.2, 0.25) is 0 Å². The summed E-state index contributed by atoms with van der Waals surface area (Å²) in [4.78, 5) is 18.5. The van der Waals surface area contributed by atoms with E-state index in [9.17, 15) is 13.2 Å². The van der Waals surface area contributed by atoms with Crippen molar-refractivity contribution in [2.75, 3.05) is 33.3 Å². The number of hydrogen-bond acceptors (Lipinski definition) is 8. The van der Waals surface area contributed by atoms with Crippen molar-refractivity contribution in [1.82, 2.24) is 19.3 Å². The Morgan fingerprint density at radius 2 is 1.76 bits per heavy atom. The number of aromatic nitrogens is 2. The minimum Gasteiger partial charge on any atom is -0.465 e. The number of ether oxygens (including phenoxy) is 1. The summed E-state index contributed by atoms with van der Waals surface area (Å²) in [5, 5.41) is 4.06. The number of carbonyl (C=O) groups is 1. The van der Waals surface area contributed by atoms with Crippen LogP contribution in [-0.4, -0.2) is 67.0 Å². The average Bonchev–Trinajstić information content (AvgIpc) is 3.27. The van der Waals surface area contributed by atoms with E-state index in [0.29, 0.717) is 55.6 Å². The summed E-state index contributed by atoms with van der Waals surface area (Å²) in [7, 11) is -2.38. The molecule has 0 saturated carbocycles. The highest BCUT2D eigenvalue weighted by Crippen LogP contribution is 2.23. The number of carbonyl (C=O) groups excluding carboxylic acids is 1. The zero-order valence-corrected chi connectivity index (χ0v) is 19.6. The van der Waals surface area contributed by atoms with Gasteiger partial charge in [-0.3, -0.25) is 4.90 Å². The van der Waals surface area contributed by atoms with Crippen molar-refractivity contribution in [1.29, 1.82) is 0 Å². The van der Waals surface area contributed by atoms with Crippen LogP contribution in [0, 0.1) is 13.8 Å². The predicted octanol–water partition coefficient (Wildman–Crippen LogP) is 2.65. The smallest absolute Gasteiger partial charge is 0.337 e. The van der Waals surface area contributed by atoms with E-state index in [1.807, 2.05) is 31.2 Å². The normalized spacial score (nSPS) is 15.5. The molecule has 0 radical (unpaired) electrons.